The van der Waals surface area contributed by atoms with Crippen LogP contribution >= 0.6 is 11.3 Å². The van der Waals surface area contributed by atoms with E-state index in [-0.39, 0.29) is 18.6 Å². The van der Waals surface area contributed by atoms with Crippen molar-refractivity contribution in [1.82, 2.24) is 10.3 Å². The molecule has 1 atom stereocenters. The summed E-state index contributed by atoms with van der Waals surface area (Å²) >= 11 is 1.40. The number of carbonyl (C=O) groups is 1. The van der Waals surface area contributed by atoms with Crippen LogP contribution in [0.25, 0.3) is 10.6 Å². The smallest absolute Gasteiger partial charge is 0.263 e. The first-order chi connectivity index (χ1) is 10.3. The maximum Gasteiger partial charge on any atom is 0.263 e. The van der Waals surface area contributed by atoms with Gasteiger partial charge in [0, 0.05) is 18.2 Å². The van der Waals surface area contributed by atoms with Crippen molar-refractivity contribution in [3.8, 4) is 10.6 Å². The summed E-state index contributed by atoms with van der Waals surface area (Å²) in [4.78, 5) is 17.2. The van der Waals surface area contributed by atoms with Crippen molar-refractivity contribution in [1.29, 1.82) is 0 Å². The zero-order valence-corrected chi connectivity index (χ0v) is 12.5. The number of rotatable bonds is 6. The minimum atomic E-state index is -0.0833. The highest BCUT2D eigenvalue weighted by atomic mass is 32.1. The summed E-state index contributed by atoms with van der Waals surface area (Å²) in [5.74, 6) is 0.447. The van der Waals surface area contributed by atoms with Gasteiger partial charge in [-0.1, -0.05) is 30.3 Å². The molecule has 1 saturated carbocycles. The van der Waals surface area contributed by atoms with Crippen molar-refractivity contribution < 1.29 is 9.90 Å². The van der Waals surface area contributed by atoms with Crippen molar-refractivity contribution in [3.05, 3.63) is 41.4 Å². The van der Waals surface area contributed by atoms with Crippen LogP contribution in [0.15, 0.2) is 36.5 Å². The molecule has 1 fully saturated rings. The molecule has 1 aliphatic carbocycles. The first kappa shape index (κ1) is 14.2. The molecule has 0 saturated heterocycles. The van der Waals surface area contributed by atoms with Gasteiger partial charge in [-0.3, -0.25) is 4.79 Å². The first-order valence-electron chi connectivity index (χ1n) is 7.21. The van der Waals surface area contributed by atoms with E-state index in [2.05, 4.69) is 10.3 Å². The number of benzene rings is 1. The standard InChI is InChI=1S/C16H18N2O2S/c19-9-8-13(11-6-7-11)18-15(20)14-10-17-16(21-14)12-4-2-1-3-5-12/h1-5,10-11,13,19H,6-9H2,(H,18,20). The third-order valence-corrected chi connectivity index (χ3v) is 4.74. The van der Waals surface area contributed by atoms with Crippen LogP contribution in [0.4, 0.5) is 0 Å². The molecule has 0 bridgehead atoms. The summed E-state index contributed by atoms with van der Waals surface area (Å²) < 4.78 is 0. The van der Waals surface area contributed by atoms with E-state index in [0.29, 0.717) is 17.2 Å². The largest absolute Gasteiger partial charge is 0.396 e. The van der Waals surface area contributed by atoms with Gasteiger partial charge >= 0.3 is 0 Å². The van der Waals surface area contributed by atoms with Crippen molar-refractivity contribution in [2.45, 2.75) is 25.3 Å². The highest BCUT2D eigenvalue weighted by molar-refractivity contribution is 7.16. The second-order valence-corrected chi connectivity index (χ2v) is 6.36. The van der Waals surface area contributed by atoms with Crippen molar-refractivity contribution in [3.63, 3.8) is 0 Å². The van der Waals surface area contributed by atoms with Crippen LogP contribution in [0.5, 0.6) is 0 Å². The lowest BCUT2D eigenvalue weighted by Gasteiger charge is -2.16. The summed E-state index contributed by atoms with van der Waals surface area (Å²) in [6, 6.07) is 9.94. The van der Waals surface area contributed by atoms with Crippen molar-refractivity contribution in [2.24, 2.45) is 5.92 Å². The van der Waals surface area contributed by atoms with Crippen LogP contribution in [-0.4, -0.2) is 28.6 Å². The number of hydrogen-bond acceptors (Lipinski definition) is 4. The maximum absolute atomic E-state index is 12.3. The van der Waals surface area contributed by atoms with Gasteiger partial charge in [0.1, 0.15) is 9.88 Å². The van der Waals surface area contributed by atoms with E-state index in [0.717, 1.165) is 23.4 Å². The van der Waals surface area contributed by atoms with Gasteiger partial charge < -0.3 is 10.4 Å². The van der Waals surface area contributed by atoms with Crippen LogP contribution in [0.3, 0.4) is 0 Å². The molecular formula is C16H18N2O2S. The van der Waals surface area contributed by atoms with Crippen LogP contribution in [-0.2, 0) is 0 Å². The summed E-state index contributed by atoms with van der Waals surface area (Å²) in [7, 11) is 0. The quantitative estimate of drug-likeness (QED) is 0.862. The van der Waals surface area contributed by atoms with Gasteiger partial charge in [0.15, 0.2) is 0 Å². The number of nitrogens with one attached hydrogen (secondary N) is 1. The van der Waals surface area contributed by atoms with E-state index in [9.17, 15) is 4.79 Å². The van der Waals surface area contributed by atoms with Crippen molar-refractivity contribution >= 4 is 17.2 Å². The Balaban J connectivity index is 1.69. The third-order valence-electron chi connectivity index (χ3n) is 3.70. The van der Waals surface area contributed by atoms with Gasteiger partial charge in [0.2, 0.25) is 0 Å². The van der Waals surface area contributed by atoms with E-state index in [1.165, 1.54) is 11.3 Å². The Hall–Kier alpha value is -1.72. The fraction of sp³-hybridized carbons (Fsp3) is 0.375. The second-order valence-electron chi connectivity index (χ2n) is 5.33. The molecule has 1 amide bonds. The second kappa shape index (κ2) is 6.37. The van der Waals surface area contributed by atoms with Gasteiger partial charge in [-0.15, -0.1) is 11.3 Å². The molecule has 4 nitrogen and oxygen atoms in total. The van der Waals surface area contributed by atoms with Crippen LogP contribution in [0, 0.1) is 5.92 Å². The number of nitrogens with zero attached hydrogens (tertiary/aromatic N) is 1. The number of aliphatic hydroxyl groups excluding tert-OH is 1. The van der Waals surface area contributed by atoms with E-state index in [4.69, 9.17) is 5.11 Å². The van der Waals surface area contributed by atoms with Gasteiger partial charge in [-0.2, -0.15) is 0 Å². The van der Waals surface area contributed by atoms with Gasteiger partial charge in [0.05, 0.1) is 6.20 Å². The Bertz CT molecular complexity index is 608. The van der Waals surface area contributed by atoms with E-state index in [1.54, 1.807) is 6.20 Å². The van der Waals surface area contributed by atoms with E-state index >= 15 is 0 Å². The maximum atomic E-state index is 12.3. The molecule has 1 heterocycles. The first-order valence-corrected chi connectivity index (χ1v) is 8.02. The van der Waals surface area contributed by atoms with Crippen LogP contribution < -0.4 is 5.32 Å². The lowest BCUT2D eigenvalue weighted by atomic mass is 10.1. The highest BCUT2D eigenvalue weighted by Crippen LogP contribution is 2.34. The normalized spacial score (nSPS) is 15.7. The highest BCUT2D eigenvalue weighted by Gasteiger charge is 2.32. The SMILES string of the molecule is O=C(NC(CCO)C1CC1)c1cnc(-c2ccccc2)s1. The zero-order chi connectivity index (χ0) is 14.7. The molecule has 2 N–H and O–H groups in total. The molecule has 21 heavy (non-hydrogen) atoms. The fourth-order valence-electron chi connectivity index (χ4n) is 2.40. The van der Waals surface area contributed by atoms with E-state index < -0.39 is 0 Å². The summed E-state index contributed by atoms with van der Waals surface area (Å²) in [6.07, 6.45) is 4.54. The Morgan fingerprint density at radius 3 is 2.81 bits per heavy atom. The average Bonchev–Trinajstić information content (AvgIpc) is 3.24. The van der Waals surface area contributed by atoms with E-state index in [1.807, 2.05) is 30.3 Å². The minimum Gasteiger partial charge on any atom is -0.396 e. The number of hydrogen-bond donors (Lipinski definition) is 2. The predicted molar refractivity (Wildman–Crippen MR) is 83.2 cm³/mol. The lowest BCUT2D eigenvalue weighted by molar-refractivity contribution is 0.0928. The zero-order valence-electron chi connectivity index (χ0n) is 11.7. The molecule has 0 spiro atoms. The van der Waals surface area contributed by atoms with Gasteiger partial charge in [0.25, 0.3) is 5.91 Å². The molecule has 2 aromatic rings. The Labute approximate surface area is 127 Å². The number of aliphatic hydroxyl groups is 1. The van der Waals surface area contributed by atoms with Crippen LogP contribution in [0.1, 0.15) is 28.9 Å². The molecule has 1 unspecified atom stereocenters. The minimum absolute atomic E-state index is 0.0833. The predicted octanol–water partition coefficient (Wildman–Crippen LogP) is 2.70. The topological polar surface area (TPSA) is 62.2 Å². The molecule has 0 radical (unpaired) electrons. The molecule has 3 rings (SSSR count). The van der Waals surface area contributed by atoms with Crippen LogP contribution in [0.2, 0.25) is 0 Å². The fourth-order valence-corrected chi connectivity index (χ4v) is 3.22. The molecular weight excluding hydrogens is 284 g/mol. The summed E-state index contributed by atoms with van der Waals surface area (Å²) in [6.45, 7) is 0.111. The monoisotopic (exact) mass is 302 g/mol. The number of thiazole rings is 1. The molecule has 1 aromatic heterocycles. The average molecular weight is 302 g/mol. The molecule has 1 aliphatic rings. The Morgan fingerprint density at radius 2 is 2.14 bits per heavy atom. The van der Waals surface area contributed by atoms with Crippen molar-refractivity contribution in [2.75, 3.05) is 6.61 Å². The molecule has 5 heteroatoms. The number of carbonyl (C=O) groups excluding carboxylic acids is 1. The summed E-state index contributed by atoms with van der Waals surface area (Å²) in [5, 5.41) is 13.0. The molecule has 0 aliphatic heterocycles. The Morgan fingerprint density at radius 1 is 1.38 bits per heavy atom. The summed E-state index contributed by atoms with van der Waals surface area (Å²) in [5.41, 5.74) is 1.02. The Kier molecular flexibility index (Phi) is 4.31. The van der Waals surface area contributed by atoms with Gasteiger partial charge in [-0.05, 0) is 25.2 Å². The third kappa shape index (κ3) is 3.49. The molecule has 110 valence electrons. The number of aromatic nitrogens is 1. The number of amides is 1. The molecule has 1 aromatic carbocycles. The van der Waals surface area contributed by atoms with Gasteiger partial charge in [-0.25, -0.2) is 4.98 Å². The lowest BCUT2D eigenvalue weighted by Crippen LogP contribution is -2.36.